The van der Waals surface area contributed by atoms with Crippen LogP contribution < -0.4 is 0 Å². The molecule has 1 N–H and O–H groups in total. The first-order valence-electron chi connectivity index (χ1n) is 5.67. The highest BCUT2D eigenvalue weighted by Crippen LogP contribution is 2.20. The first-order valence-corrected chi connectivity index (χ1v) is 5.67. The minimum Gasteiger partial charge on any atom is -0.508 e. The fraction of sp³-hybridized carbons (Fsp3) is 0.286. The number of benzene rings is 1. The number of rotatable bonds is 3. The molecule has 0 bridgehead atoms. The van der Waals surface area contributed by atoms with Gasteiger partial charge in [0.15, 0.2) is 0 Å². The molecular weight excluding hydrogens is 232 g/mol. The van der Waals surface area contributed by atoms with Crippen molar-refractivity contribution in [3.63, 3.8) is 0 Å². The maximum Gasteiger partial charge on any atom is 0.341 e. The molecule has 0 aliphatic heterocycles. The number of carbonyl (C=O) groups excluding carboxylic acids is 2. The molecule has 18 heavy (non-hydrogen) atoms. The lowest BCUT2D eigenvalue weighted by Gasteiger charge is -2.04. The number of hydrogen-bond donors (Lipinski definition) is 1. The Kier molecular flexibility index (Phi) is 4.66. The molecule has 0 fully saturated rings. The van der Waals surface area contributed by atoms with Crippen LogP contribution in [0.15, 0.2) is 23.8 Å². The van der Waals surface area contributed by atoms with Crippen LogP contribution in [-0.2, 0) is 20.7 Å². The zero-order valence-electron chi connectivity index (χ0n) is 10.7. The van der Waals surface area contributed by atoms with E-state index in [1.54, 1.807) is 31.2 Å². The molecule has 4 nitrogen and oxygen atoms in total. The number of esters is 2. The van der Waals surface area contributed by atoms with Gasteiger partial charge in [0.2, 0.25) is 0 Å². The van der Waals surface area contributed by atoms with Gasteiger partial charge in [-0.1, -0.05) is 13.0 Å². The highest BCUT2D eigenvalue weighted by Gasteiger charge is 2.09. The van der Waals surface area contributed by atoms with E-state index in [0.29, 0.717) is 12.0 Å². The van der Waals surface area contributed by atoms with E-state index in [4.69, 9.17) is 0 Å². The third kappa shape index (κ3) is 3.73. The summed E-state index contributed by atoms with van der Waals surface area (Å²) in [5.41, 5.74) is 1.91. The van der Waals surface area contributed by atoms with Gasteiger partial charge in [-0.05, 0) is 42.7 Å². The van der Waals surface area contributed by atoms with E-state index in [1.807, 2.05) is 6.92 Å². The largest absolute Gasteiger partial charge is 0.508 e. The van der Waals surface area contributed by atoms with Crippen molar-refractivity contribution in [2.75, 3.05) is 0 Å². The predicted octanol–water partition coefficient (Wildman–Crippen LogP) is 2.45. The topological polar surface area (TPSA) is 63.6 Å². The van der Waals surface area contributed by atoms with Gasteiger partial charge in [0, 0.05) is 12.5 Å². The highest BCUT2D eigenvalue weighted by molar-refractivity contribution is 5.98. The van der Waals surface area contributed by atoms with Crippen molar-refractivity contribution in [3.05, 3.63) is 34.9 Å². The van der Waals surface area contributed by atoms with Gasteiger partial charge in [-0.2, -0.15) is 0 Å². The van der Waals surface area contributed by atoms with Gasteiger partial charge in [0.1, 0.15) is 5.75 Å². The van der Waals surface area contributed by atoms with Crippen LogP contribution in [0.3, 0.4) is 0 Å². The van der Waals surface area contributed by atoms with Crippen LogP contribution >= 0.6 is 0 Å². The Balaban J connectivity index is 2.95. The number of phenols is 1. The molecule has 0 spiro atoms. The molecule has 1 aromatic rings. The summed E-state index contributed by atoms with van der Waals surface area (Å²) >= 11 is 0. The molecule has 0 heterocycles. The molecule has 4 heteroatoms. The summed E-state index contributed by atoms with van der Waals surface area (Å²) in [5, 5.41) is 9.54. The number of ether oxygens (including phenoxy) is 1. The molecule has 0 amide bonds. The van der Waals surface area contributed by atoms with E-state index in [9.17, 15) is 14.7 Å². The van der Waals surface area contributed by atoms with E-state index in [1.165, 1.54) is 6.92 Å². The van der Waals surface area contributed by atoms with Crippen LogP contribution in [0.4, 0.5) is 0 Å². The van der Waals surface area contributed by atoms with E-state index in [-0.39, 0.29) is 5.75 Å². The van der Waals surface area contributed by atoms with E-state index >= 15 is 0 Å². The minimum absolute atomic E-state index is 0.235. The highest BCUT2D eigenvalue weighted by atomic mass is 16.6. The fourth-order valence-corrected chi connectivity index (χ4v) is 1.50. The van der Waals surface area contributed by atoms with Crippen LogP contribution in [0.25, 0.3) is 6.08 Å². The predicted molar refractivity (Wildman–Crippen MR) is 67.9 cm³/mol. The molecule has 96 valence electrons. The molecule has 0 aliphatic rings. The molecule has 0 aromatic heterocycles. The summed E-state index contributed by atoms with van der Waals surface area (Å²) in [7, 11) is 0. The molecule has 1 aromatic carbocycles. The summed E-state index contributed by atoms with van der Waals surface area (Å²) in [6, 6.07) is 5.06. The van der Waals surface area contributed by atoms with Crippen molar-refractivity contribution in [2.45, 2.75) is 27.2 Å². The maximum absolute atomic E-state index is 11.4. The zero-order chi connectivity index (χ0) is 13.7. The maximum atomic E-state index is 11.4. The number of hydrogen-bond acceptors (Lipinski definition) is 4. The summed E-state index contributed by atoms with van der Waals surface area (Å²) in [6.07, 6.45) is 2.31. The standard InChI is InChI=1S/C14H16O4/c1-4-12-8-11(5-6-13(12)16)7-9(2)14(17)18-10(3)15/h5-8,16H,4H2,1-3H3. The fourth-order valence-electron chi connectivity index (χ4n) is 1.50. The van der Waals surface area contributed by atoms with Gasteiger partial charge in [0.05, 0.1) is 0 Å². The quantitative estimate of drug-likeness (QED) is 0.507. The Morgan fingerprint density at radius 1 is 1.33 bits per heavy atom. The molecule has 1 rings (SSSR count). The van der Waals surface area contributed by atoms with Gasteiger partial charge >= 0.3 is 11.9 Å². The van der Waals surface area contributed by atoms with E-state index < -0.39 is 11.9 Å². The second-order valence-electron chi connectivity index (χ2n) is 3.95. The first kappa shape index (κ1) is 14.0. The van der Waals surface area contributed by atoms with Crippen molar-refractivity contribution >= 4 is 18.0 Å². The normalized spacial score (nSPS) is 11.2. The lowest BCUT2D eigenvalue weighted by atomic mass is 10.1. The third-order valence-corrected chi connectivity index (χ3v) is 2.43. The Labute approximate surface area is 106 Å². The number of phenolic OH excluding ortho intramolecular Hbond substituents is 1. The smallest absolute Gasteiger partial charge is 0.341 e. The number of aryl methyl sites for hydroxylation is 1. The molecule has 0 atom stereocenters. The van der Waals surface area contributed by atoms with Gasteiger partial charge in [-0.25, -0.2) is 4.79 Å². The Bertz CT molecular complexity index is 501. The lowest BCUT2D eigenvalue weighted by molar-refractivity contribution is -0.155. The molecule has 0 aliphatic carbocycles. The van der Waals surface area contributed by atoms with Gasteiger partial charge in [0.25, 0.3) is 0 Å². The van der Waals surface area contributed by atoms with Crippen LogP contribution in [-0.4, -0.2) is 17.0 Å². The second kappa shape index (κ2) is 6.00. The summed E-state index contributed by atoms with van der Waals surface area (Å²) in [4.78, 5) is 22.1. The van der Waals surface area contributed by atoms with E-state index in [2.05, 4.69) is 4.74 Å². The van der Waals surface area contributed by atoms with Crippen molar-refractivity contribution in [1.82, 2.24) is 0 Å². The van der Waals surface area contributed by atoms with Gasteiger partial charge in [-0.15, -0.1) is 0 Å². The SMILES string of the molecule is CCc1cc(C=C(C)C(=O)OC(C)=O)ccc1O. The first-order chi connectivity index (χ1) is 8.43. The minimum atomic E-state index is -0.659. The van der Waals surface area contributed by atoms with Crippen molar-refractivity contribution in [3.8, 4) is 5.75 Å². The van der Waals surface area contributed by atoms with Crippen molar-refractivity contribution in [2.24, 2.45) is 0 Å². The summed E-state index contributed by atoms with van der Waals surface area (Å²) < 4.78 is 4.47. The van der Waals surface area contributed by atoms with Crippen LogP contribution in [0, 0.1) is 0 Å². The van der Waals surface area contributed by atoms with E-state index in [0.717, 1.165) is 11.1 Å². The number of carbonyl (C=O) groups is 2. The average Bonchev–Trinajstić information content (AvgIpc) is 2.30. The summed E-state index contributed by atoms with van der Waals surface area (Å²) in [6.45, 7) is 4.68. The molecule has 0 radical (unpaired) electrons. The molecule has 0 saturated heterocycles. The molecule has 0 unspecified atom stereocenters. The van der Waals surface area contributed by atoms with Crippen molar-refractivity contribution < 1.29 is 19.4 Å². The summed E-state index contributed by atoms with van der Waals surface area (Å²) in [5.74, 6) is -1.06. The Morgan fingerprint density at radius 2 is 2.00 bits per heavy atom. The van der Waals surface area contributed by atoms with Crippen molar-refractivity contribution in [1.29, 1.82) is 0 Å². The monoisotopic (exact) mass is 248 g/mol. The Hall–Kier alpha value is -2.10. The lowest BCUT2D eigenvalue weighted by Crippen LogP contribution is -2.09. The second-order valence-corrected chi connectivity index (χ2v) is 3.95. The Morgan fingerprint density at radius 3 is 2.56 bits per heavy atom. The van der Waals surface area contributed by atoms with Gasteiger partial charge < -0.3 is 9.84 Å². The average molecular weight is 248 g/mol. The third-order valence-electron chi connectivity index (χ3n) is 2.43. The van der Waals surface area contributed by atoms with Crippen LogP contribution in [0.5, 0.6) is 5.75 Å². The van der Waals surface area contributed by atoms with Crippen LogP contribution in [0.2, 0.25) is 0 Å². The zero-order valence-corrected chi connectivity index (χ0v) is 10.7. The number of aromatic hydroxyl groups is 1. The molecule has 0 saturated carbocycles. The van der Waals surface area contributed by atoms with Crippen LogP contribution in [0.1, 0.15) is 31.9 Å². The molecular formula is C14H16O4. The van der Waals surface area contributed by atoms with Gasteiger partial charge in [-0.3, -0.25) is 4.79 Å².